The van der Waals surface area contributed by atoms with E-state index in [2.05, 4.69) is 20.3 Å². The molecule has 0 aliphatic heterocycles. The topological polar surface area (TPSA) is 119 Å². The lowest BCUT2D eigenvalue weighted by Crippen LogP contribution is -2.22. The molecule has 1 saturated carbocycles. The Hall–Kier alpha value is -4.48. The average molecular weight is 513 g/mol. The van der Waals surface area contributed by atoms with Gasteiger partial charge in [-0.15, -0.1) is 0 Å². The number of carboxylic acids is 1. The quantitative estimate of drug-likeness (QED) is 0.388. The lowest BCUT2D eigenvalue weighted by Gasteiger charge is -2.11. The van der Waals surface area contributed by atoms with Gasteiger partial charge in [0, 0.05) is 29.6 Å². The molecule has 0 unspecified atom stereocenters. The maximum absolute atomic E-state index is 12.9. The van der Waals surface area contributed by atoms with Crippen LogP contribution in [0, 0.1) is 6.92 Å². The Balaban J connectivity index is 0.000000405. The Bertz CT molecular complexity index is 1520. The van der Waals surface area contributed by atoms with E-state index in [-0.39, 0.29) is 5.56 Å². The molecule has 37 heavy (non-hydrogen) atoms. The predicted octanol–water partition coefficient (Wildman–Crippen LogP) is 4.88. The SMILES string of the molecule is COc1cccc(Nc2nccc(-c3ccc4c(=O)n(C5CC5)c(C)nc4c3)n2)c1.O=C(O)C(F)(F)F. The van der Waals surface area contributed by atoms with Crippen LogP contribution in [0.1, 0.15) is 24.7 Å². The summed E-state index contributed by atoms with van der Waals surface area (Å²) in [6.45, 7) is 1.90. The van der Waals surface area contributed by atoms with Crippen LogP contribution in [0.4, 0.5) is 24.8 Å². The third kappa shape index (κ3) is 6.02. The fraction of sp³-hybridized carbons (Fsp3) is 0.240. The van der Waals surface area contributed by atoms with Crippen LogP contribution < -0.4 is 15.6 Å². The molecule has 1 fully saturated rings. The van der Waals surface area contributed by atoms with Gasteiger partial charge in [0.05, 0.1) is 23.7 Å². The van der Waals surface area contributed by atoms with Gasteiger partial charge in [-0.3, -0.25) is 9.36 Å². The number of anilines is 2. The molecule has 2 aromatic heterocycles. The van der Waals surface area contributed by atoms with Gasteiger partial charge in [-0.25, -0.2) is 19.7 Å². The summed E-state index contributed by atoms with van der Waals surface area (Å²) in [6.07, 6.45) is -1.27. The normalized spacial score (nSPS) is 13.0. The maximum Gasteiger partial charge on any atom is 0.490 e. The monoisotopic (exact) mass is 513 g/mol. The molecule has 9 nitrogen and oxygen atoms in total. The highest BCUT2D eigenvalue weighted by Gasteiger charge is 2.38. The van der Waals surface area contributed by atoms with E-state index in [0.717, 1.165) is 41.4 Å². The fourth-order valence-electron chi connectivity index (χ4n) is 3.64. The minimum atomic E-state index is -5.08. The number of alkyl halides is 3. The zero-order valence-corrected chi connectivity index (χ0v) is 19.8. The number of aryl methyl sites for hydroxylation is 1. The first kappa shape index (κ1) is 25.6. The Kier molecular flexibility index (Phi) is 7.09. The summed E-state index contributed by atoms with van der Waals surface area (Å²) in [6, 6.07) is 15.4. The van der Waals surface area contributed by atoms with Crippen LogP contribution in [0.3, 0.4) is 0 Å². The molecule has 2 N–H and O–H groups in total. The highest BCUT2D eigenvalue weighted by atomic mass is 19.4. The summed E-state index contributed by atoms with van der Waals surface area (Å²) in [5.74, 6) is -0.763. The lowest BCUT2D eigenvalue weighted by atomic mass is 10.1. The van der Waals surface area contributed by atoms with E-state index in [9.17, 15) is 18.0 Å². The van der Waals surface area contributed by atoms with Crippen LogP contribution in [0.25, 0.3) is 22.2 Å². The van der Waals surface area contributed by atoms with Gasteiger partial charge >= 0.3 is 12.1 Å². The van der Waals surface area contributed by atoms with Crippen LogP contribution in [-0.2, 0) is 4.79 Å². The number of rotatable bonds is 5. The molecule has 0 atom stereocenters. The first-order valence-electron chi connectivity index (χ1n) is 11.1. The van der Waals surface area contributed by atoms with Crippen LogP contribution in [-0.4, -0.2) is 43.9 Å². The van der Waals surface area contributed by atoms with Crippen molar-refractivity contribution in [2.45, 2.75) is 32.0 Å². The van der Waals surface area contributed by atoms with E-state index >= 15 is 0 Å². The number of aromatic nitrogens is 4. The highest BCUT2D eigenvalue weighted by Crippen LogP contribution is 2.34. The molecular weight excluding hydrogens is 491 g/mol. The molecule has 0 saturated heterocycles. The summed E-state index contributed by atoms with van der Waals surface area (Å²) >= 11 is 0. The number of fused-ring (bicyclic) bond motifs is 1. The zero-order valence-electron chi connectivity index (χ0n) is 19.8. The van der Waals surface area contributed by atoms with Crippen molar-refractivity contribution in [3.63, 3.8) is 0 Å². The second-order valence-corrected chi connectivity index (χ2v) is 8.22. The summed E-state index contributed by atoms with van der Waals surface area (Å²) in [5.41, 5.74) is 3.20. The first-order chi connectivity index (χ1) is 17.6. The van der Waals surface area contributed by atoms with Crippen molar-refractivity contribution in [2.75, 3.05) is 12.4 Å². The van der Waals surface area contributed by atoms with Gasteiger partial charge in [0.2, 0.25) is 5.95 Å². The summed E-state index contributed by atoms with van der Waals surface area (Å²) in [4.78, 5) is 35.4. The van der Waals surface area contributed by atoms with Crippen molar-refractivity contribution < 1.29 is 27.8 Å². The van der Waals surface area contributed by atoms with E-state index in [4.69, 9.17) is 14.6 Å². The fourth-order valence-corrected chi connectivity index (χ4v) is 3.64. The third-order valence-electron chi connectivity index (χ3n) is 5.51. The van der Waals surface area contributed by atoms with Gasteiger partial charge in [-0.05, 0) is 50.1 Å². The van der Waals surface area contributed by atoms with Crippen molar-refractivity contribution in [1.82, 2.24) is 19.5 Å². The van der Waals surface area contributed by atoms with E-state index in [1.54, 1.807) is 13.3 Å². The van der Waals surface area contributed by atoms with Crippen LogP contribution in [0.2, 0.25) is 0 Å². The molecule has 5 rings (SSSR count). The van der Waals surface area contributed by atoms with Crippen molar-refractivity contribution in [3.8, 4) is 17.0 Å². The number of carboxylic acid groups (broad SMARTS) is 1. The highest BCUT2D eigenvalue weighted by molar-refractivity contribution is 5.83. The second-order valence-electron chi connectivity index (χ2n) is 8.22. The molecule has 1 aliphatic carbocycles. The van der Waals surface area contributed by atoms with Gasteiger partial charge in [-0.2, -0.15) is 13.2 Å². The van der Waals surface area contributed by atoms with Crippen molar-refractivity contribution in [2.24, 2.45) is 0 Å². The van der Waals surface area contributed by atoms with Crippen molar-refractivity contribution in [1.29, 1.82) is 0 Å². The number of hydrogen-bond acceptors (Lipinski definition) is 7. The Labute approximate surface area is 208 Å². The van der Waals surface area contributed by atoms with Gasteiger partial charge in [-0.1, -0.05) is 12.1 Å². The molecule has 2 aromatic carbocycles. The average Bonchev–Trinajstić information content (AvgIpc) is 3.69. The molecule has 0 radical (unpaired) electrons. The molecule has 2 heterocycles. The number of ether oxygens (including phenoxy) is 1. The summed E-state index contributed by atoms with van der Waals surface area (Å²) in [7, 11) is 1.63. The number of nitrogens with one attached hydrogen (secondary N) is 1. The van der Waals surface area contributed by atoms with E-state index in [1.165, 1.54) is 0 Å². The zero-order chi connectivity index (χ0) is 26.7. The standard InChI is InChI=1S/C23H21N5O2.C2HF3O2/c1-14-25-21-12-15(6-9-19(21)22(29)28(14)17-7-8-17)20-10-11-24-23(27-20)26-16-4-3-5-18(13-16)30-2;3-2(4,5)1(6)7/h3-6,9-13,17H,7-8H2,1-2H3,(H,24,26,27);(H,6,7). The minimum Gasteiger partial charge on any atom is -0.497 e. The van der Waals surface area contributed by atoms with E-state index in [0.29, 0.717) is 22.9 Å². The number of methoxy groups -OCH3 is 1. The van der Waals surface area contributed by atoms with Crippen LogP contribution in [0.5, 0.6) is 5.75 Å². The minimum absolute atomic E-state index is 0.0367. The number of nitrogens with zero attached hydrogens (tertiary/aromatic N) is 4. The number of aliphatic carboxylic acids is 1. The van der Waals surface area contributed by atoms with Gasteiger partial charge < -0.3 is 15.2 Å². The van der Waals surface area contributed by atoms with E-state index < -0.39 is 12.1 Å². The van der Waals surface area contributed by atoms with Crippen LogP contribution in [0.15, 0.2) is 59.5 Å². The maximum atomic E-state index is 12.9. The molecule has 0 spiro atoms. The third-order valence-corrected chi connectivity index (χ3v) is 5.51. The largest absolute Gasteiger partial charge is 0.497 e. The first-order valence-corrected chi connectivity index (χ1v) is 11.1. The number of halogens is 3. The van der Waals surface area contributed by atoms with Crippen molar-refractivity contribution in [3.05, 3.63) is 70.9 Å². The molecule has 1 aliphatic rings. The Morgan fingerprint density at radius 3 is 2.51 bits per heavy atom. The number of carbonyl (C=O) groups is 1. The molecule has 0 amide bonds. The van der Waals surface area contributed by atoms with Crippen molar-refractivity contribution >= 4 is 28.5 Å². The molecule has 0 bridgehead atoms. The van der Waals surface area contributed by atoms with Gasteiger partial charge in [0.25, 0.3) is 5.56 Å². The summed E-state index contributed by atoms with van der Waals surface area (Å²) < 4.78 is 38.8. The number of benzene rings is 2. The second kappa shape index (κ2) is 10.2. The molecule has 4 aromatic rings. The smallest absolute Gasteiger partial charge is 0.490 e. The van der Waals surface area contributed by atoms with Gasteiger partial charge in [0.15, 0.2) is 0 Å². The number of hydrogen-bond donors (Lipinski definition) is 2. The predicted molar refractivity (Wildman–Crippen MR) is 130 cm³/mol. The van der Waals surface area contributed by atoms with E-state index in [1.807, 2.05) is 60.0 Å². The summed E-state index contributed by atoms with van der Waals surface area (Å²) in [5, 5.41) is 11.0. The van der Waals surface area contributed by atoms with Crippen LogP contribution >= 0.6 is 0 Å². The van der Waals surface area contributed by atoms with Gasteiger partial charge in [0.1, 0.15) is 11.6 Å². The lowest BCUT2D eigenvalue weighted by molar-refractivity contribution is -0.192. The Morgan fingerprint density at radius 2 is 1.86 bits per heavy atom. The molecular formula is C25H22F3N5O4. The molecule has 192 valence electrons. The molecule has 12 heteroatoms. The Morgan fingerprint density at radius 1 is 1.14 bits per heavy atom.